The third kappa shape index (κ3) is 3.80. The number of ether oxygens (including phenoxy) is 1. The molecule has 0 radical (unpaired) electrons. The molecule has 122 valence electrons. The van der Waals surface area contributed by atoms with Crippen molar-refractivity contribution in [3.63, 3.8) is 0 Å². The van der Waals surface area contributed by atoms with Crippen LogP contribution in [0.2, 0.25) is 0 Å². The first kappa shape index (κ1) is 16.8. The van der Waals surface area contributed by atoms with Gasteiger partial charge in [-0.2, -0.15) is 13.2 Å². The Morgan fingerprint density at radius 1 is 1.22 bits per heavy atom. The van der Waals surface area contributed by atoms with Gasteiger partial charge in [-0.1, -0.05) is 18.2 Å². The molecule has 0 spiro atoms. The number of hydrogen-bond acceptors (Lipinski definition) is 3. The average Bonchev–Trinajstić information content (AvgIpc) is 2.49. The second-order valence-corrected chi connectivity index (χ2v) is 4.96. The summed E-state index contributed by atoms with van der Waals surface area (Å²) in [5.41, 5.74) is 0.412. The number of rotatable bonds is 3. The van der Waals surface area contributed by atoms with E-state index >= 15 is 0 Å². The number of hydrogen-bond donors (Lipinski definition) is 0. The summed E-state index contributed by atoms with van der Waals surface area (Å²) in [6.45, 7) is 0.0635. The topological polar surface area (TPSA) is 48.3 Å². The number of benzene rings is 1. The van der Waals surface area contributed by atoms with Crippen molar-refractivity contribution < 1.29 is 22.7 Å². The van der Waals surface area contributed by atoms with E-state index in [1.54, 1.807) is 18.2 Å². The lowest BCUT2D eigenvalue weighted by atomic mass is 10.00. The molecule has 1 aromatic carbocycles. The minimum absolute atomic E-state index is 0.157. The first-order valence-electron chi connectivity index (χ1n) is 6.69. The molecule has 0 amide bonds. The Morgan fingerprint density at radius 2 is 1.87 bits per heavy atom. The third-order valence-corrected chi connectivity index (χ3v) is 3.32. The number of carbonyl (C=O) groups is 1. The monoisotopic (exact) mass is 325 g/mol. The lowest BCUT2D eigenvalue weighted by Crippen LogP contribution is -2.29. The normalized spacial score (nSPS) is 11.3. The molecular formula is C16H14F3NO3. The van der Waals surface area contributed by atoms with Crippen LogP contribution in [0.15, 0.2) is 41.2 Å². The Bertz CT molecular complexity index is 794. The summed E-state index contributed by atoms with van der Waals surface area (Å²) in [6, 6.07) is 8.95. The lowest BCUT2D eigenvalue weighted by molar-refractivity contribution is -0.141. The standard InChI is InChI=1S/C16H14F3NO3/c1-10-7-11(8-14(21)20(10)9-16(17,18)19)12-5-3-4-6-13(12)15(22)23-2/h3-8H,9H2,1-2H3. The van der Waals surface area contributed by atoms with E-state index in [1.165, 1.54) is 26.2 Å². The van der Waals surface area contributed by atoms with Gasteiger partial charge in [0.1, 0.15) is 6.54 Å². The molecule has 0 saturated heterocycles. The molecule has 0 aliphatic carbocycles. The number of aryl methyl sites for hydroxylation is 1. The van der Waals surface area contributed by atoms with Crippen molar-refractivity contribution in [1.29, 1.82) is 0 Å². The Balaban J connectivity index is 2.56. The first-order valence-corrected chi connectivity index (χ1v) is 6.69. The summed E-state index contributed by atoms with van der Waals surface area (Å²) in [7, 11) is 1.23. The molecule has 0 bridgehead atoms. The van der Waals surface area contributed by atoms with Crippen LogP contribution in [0.5, 0.6) is 0 Å². The van der Waals surface area contributed by atoms with Gasteiger partial charge in [-0.3, -0.25) is 4.79 Å². The third-order valence-electron chi connectivity index (χ3n) is 3.32. The fraction of sp³-hybridized carbons (Fsp3) is 0.250. The molecule has 1 aromatic heterocycles. The van der Waals surface area contributed by atoms with Gasteiger partial charge in [-0.25, -0.2) is 4.79 Å². The van der Waals surface area contributed by atoms with Crippen LogP contribution in [-0.4, -0.2) is 23.8 Å². The lowest BCUT2D eigenvalue weighted by Gasteiger charge is -2.14. The van der Waals surface area contributed by atoms with E-state index in [2.05, 4.69) is 4.74 Å². The highest BCUT2D eigenvalue weighted by Gasteiger charge is 2.29. The zero-order valence-electron chi connectivity index (χ0n) is 12.5. The van der Waals surface area contributed by atoms with Crippen LogP contribution in [0.3, 0.4) is 0 Å². The summed E-state index contributed by atoms with van der Waals surface area (Å²) in [5, 5.41) is 0. The number of methoxy groups -OCH3 is 1. The number of aromatic nitrogens is 1. The fourth-order valence-corrected chi connectivity index (χ4v) is 2.29. The molecule has 7 heteroatoms. The minimum Gasteiger partial charge on any atom is -0.465 e. The van der Waals surface area contributed by atoms with Gasteiger partial charge in [0.2, 0.25) is 0 Å². The second-order valence-electron chi connectivity index (χ2n) is 4.96. The first-order chi connectivity index (χ1) is 10.7. The van der Waals surface area contributed by atoms with Crippen LogP contribution in [0, 0.1) is 6.92 Å². The van der Waals surface area contributed by atoms with E-state index < -0.39 is 24.2 Å². The van der Waals surface area contributed by atoms with Crippen molar-refractivity contribution in [3.8, 4) is 11.1 Å². The van der Waals surface area contributed by atoms with Crippen LogP contribution in [0.4, 0.5) is 13.2 Å². The largest absolute Gasteiger partial charge is 0.465 e. The van der Waals surface area contributed by atoms with Crippen LogP contribution >= 0.6 is 0 Å². The summed E-state index contributed by atoms with van der Waals surface area (Å²) in [5.74, 6) is -0.585. The molecule has 23 heavy (non-hydrogen) atoms. The summed E-state index contributed by atoms with van der Waals surface area (Å²) in [4.78, 5) is 23.8. The predicted octanol–water partition coefficient (Wildman–Crippen LogP) is 3.17. The van der Waals surface area contributed by atoms with Crippen LogP contribution in [0.25, 0.3) is 11.1 Å². The number of carbonyl (C=O) groups excluding carboxylic acids is 1. The highest BCUT2D eigenvalue weighted by molar-refractivity contribution is 5.97. The predicted molar refractivity (Wildman–Crippen MR) is 78.3 cm³/mol. The average molecular weight is 325 g/mol. The van der Waals surface area contributed by atoms with Gasteiger partial charge in [-0.15, -0.1) is 0 Å². The zero-order chi connectivity index (χ0) is 17.2. The number of esters is 1. The number of halogens is 3. The molecule has 2 rings (SSSR count). The molecule has 0 saturated carbocycles. The van der Waals surface area contributed by atoms with E-state index in [1.807, 2.05) is 0 Å². The Kier molecular flexibility index (Phi) is 4.58. The molecule has 0 N–H and O–H groups in total. The van der Waals surface area contributed by atoms with Crippen molar-refractivity contribution in [3.05, 3.63) is 58.0 Å². The smallest absolute Gasteiger partial charge is 0.406 e. The van der Waals surface area contributed by atoms with Crippen molar-refractivity contribution in [1.82, 2.24) is 4.57 Å². The number of alkyl halides is 3. The molecule has 0 aliphatic heterocycles. The van der Waals surface area contributed by atoms with Gasteiger partial charge in [0, 0.05) is 11.8 Å². The van der Waals surface area contributed by atoms with E-state index in [9.17, 15) is 22.8 Å². The molecule has 4 nitrogen and oxygen atoms in total. The van der Waals surface area contributed by atoms with Gasteiger partial charge in [0.05, 0.1) is 12.7 Å². The summed E-state index contributed by atoms with van der Waals surface area (Å²) < 4.78 is 42.9. The van der Waals surface area contributed by atoms with E-state index in [-0.39, 0.29) is 11.3 Å². The van der Waals surface area contributed by atoms with Gasteiger partial charge < -0.3 is 9.30 Å². The number of nitrogens with zero attached hydrogens (tertiary/aromatic N) is 1. The molecular weight excluding hydrogens is 311 g/mol. The Labute approximate surface area is 130 Å². The van der Waals surface area contributed by atoms with Gasteiger partial charge in [0.15, 0.2) is 0 Å². The van der Waals surface area contributed by atoms with Crippen LogP contribution in [-0.2, 0) is 11.3 Å². The Morgan fingerprint density at radius 3 is 2.43 bits per heavy atom. The Hall–Kier alpha value is -2.57. The molecule has 1 heterocycles. The van der Waals surface area contributed by atoms with E-state index in [0.29, 0.717) is 15.7 Å². The van der Waals surface area contributed by atoms with Crippen molar-refractivity contribution in [2.75, 3.05) is 7.11 Å². The van der Waals surface area contributed by atoms with Gasteiger partial charge in [-0.05, 0) is 30.2 Å². The zero-order valence-corrected chi connectivity index (χ0v) is 12.5. The molecule has 0 aliphatic rings. The fourth-order valence-electron chi connectivity index (χ4n) is 2.29. The van der Waals surface area contributed by atoms with E-state index in [0.717, 1.165) is 6.07 Å². The highest BCUT2D eigenvalue weighted by atomic mass is 19.4. The van der Waals surface area contributed by atoms with Crippen molar-refractivity contribution in [2.24, 2.45) is 0 Å². The van der Waals surface area contributed by atoms with Crippen molar-refractivity contribution in [2.45, 2.75) is 19.6 Å². The van der Waals surface area contributed by atoms with E-state index in [4.69, 9.17) is 0 Å². The van der Waals surface area contributed by atoms with Crippen LogP contribution in [0.1, 0.15) is 16.1 Å². The maximum atomic E-state index is 12.5. The summed E-state index contributed by atoms with van der Waals surface area (Å²) >= 11 is 0. The maximum absolute atomic E-state index is 12.5. The molecule has 0 unspecified atom stereocenters. The van der Waals surface area contributed by atoms with Crippen molar-refractivity contribution >= 4 is 5.97 Å². The second kappa shape index (κ2) is 6.28. The quantitative estimate of drug-likeness (QED) is 0.815. The summed E-state index contributed by atoms with van der Waals surface area (Å²) in [6.07, 6.45) is -4.49. The molecule has 0 atom stereocenters. The van der Waals surface area contributed by atoms with Gasteiger partial charge >= 0.3 is 12.1 Å². The van der Waals surface area contributed by atoms with Crippen LogP contribution < -0.4 is 5.56 Å². The minimum atomic E-state index is -4.49. The maximum Gasteiger partial charge on any atom is 0.406 e. The highest BCUT2D eigenvalue weighted by Crippen LogP contribution is 2.25. The van der Waals surface area contributed by atoms with Gasteiger partial charge in [0.25, 0.3) is 5.56 Å². The number of pyridine rings is 1. The molecule has 2 aromatic rings. The molecule has 0 fully saturated rings. The SMILES string of the molecule is COC(=O)c1ccccc1-c1cc(C)n(CC(F)(F)F)c(=O)c1.